The molecule has 0 aliphatic carbocycles. The summed E-state index contributed by atoms with van der Waals surface area (Å²) >= 11 is 8.38. The zero-order valence-corrected chi connectivity index (χ0v) is 11.9. The van der Waals surface area contributed by atoms with Gasteiger partial charge in [0.25, 0.3) is 0 Å². The van der Waals surface area contributed by atoms with Crippen LogP contribution in [-0.4, -0.2) is 23.6 Å². The Bertz CT molecular complexity index is 397. The molecule has 1 aliphatic rings. The Hall–Kier alpha value is -0.380. The van der Waals surface area contributed by atoms with Gasteiger partial charge in [0.05, 0.1) is 10.7 Å². The summed E-state index contributed by atoms with van der Waals surface area (Å²) < 4.78 is 0. The van der Waals surface area contributed by atoms with Crippen molar-refractivity contribution >= 4 is 29.1 Å². The van der Waals surface area contributed by atoms with Crippen molar-refractivity contribution in [1.29, 1.82) is 0 Å². The molecule has 2 N–H and O–H groups in total. The number of hydrogen-bond donors (Lipinski definition) is 1. The van der Waals surface area contributed by atoms with Gasteiger partial charge in [-0.05, 0) is 24.6 Å². The molecular formula is C13H19ClN2S. The molecule has 2 unspecified atom stereocenters. The molecule has 17 heavy (non-hydrogen) atoms. The monoisotopic (exact) mass is 270 g/mol. The Morgan fingerprint density at radius 3 is 2.88 bits per heavy atom. The molecule has 0 aromatic heterocycles. The molecule has 0 spiro atoms. The van der Waals surface area contributed by atoms with E-state index in [1.54, 1.807) is 0 Å². The fourth-order valence-corrected chi connectivity index (χ4v) is 3.59. The maximum atomic E-state index is 6.35. The van der Waals surface area contributed by atoms with Crippen molar-refractivity contribution < 1.29 is 0 Å². The van der Waals surface area contributed by atoms with Crippen molar-refractivity contribution in [2.24, 2.45) is 5.73 Å². The van der Waals surface area contributed by atoms with Crippen molar-refractivity contribution in [3.63, 3.8) is 0 Å². The average Bonchev–Trinajstić information content (AvgIpc) is 2.33. The topological polar surface area (TPSA) is 29.3 Å². The number of halogens is 1. The number of benzene rings is 1. The molecule has 2 nitrogen and oxygen atoms in total. The van der Waals surface area contributed by atoms with Gasteiger partial charge in [0.1, 0.15) is 0 Å². The summed E-state index contributed by atoms with van der Waals surface area (Å²) in [4.78, 5) is 2.41. The van der Waals surface area contributed by atoms with Gasteiger partial charge in [0.15, 0.2) is 0 Å². The molecule has 1 aromatic carbocycles. The van der Waals surface area contributed by atoms with Crippen LogP contribution in [0.5, 0.6) is 0 Å². The van der Waals surface area contributed by atoms with Crippen LogP contribution in [0.4, 0.5) is 5.69 Å². The van der Waals surface area contributed by atoms with Gasteiger partial charge in [-0.25, -0.2) is 0 Å². The highest BCUT2D eigenvalue weighted by Crippen LogP contribution is 2.33. The minimum Gasteiger partial charge on any atom is -0.366 e. The zero-order valence-electron chi connectivity index (χ0n) is 10.3. The number of hydrogen-bond acceptors (Lipinski definition) is 3. The Morgan fingerprint density at radius 1 is 1.47 bits per heavy atom. The summed E-state index contributed by atoms with van der Waals surface area (Å²) in [7, 11) is 0. The van der Waals surface area contributed by atoms with E-state index in [-0.39, 0.29) is 0 Å². The summed E-state index contributed by atoms with van der Waals surface area (Å²) in [5.41, 5.74) is 7.85. The Kier molecular flexibility index (Phi) is 4.23. The van der Waals surface area contributed by atoms with Crippen molar-refractivity contribution in [1.82, 2.24) is 0 Å². The minimum atomic E-state index is 0.523. The van der Waals surface area contributed by atoms with Gasteiger partial charge < -0.3 is 10.6 Å². The van der Waals surface area contributed by atoms with E-state index >= 15 is 0 Å². The molecule has 1 saturated heterocycles. The lowest BCUT2D eigenvalue weighted by Crippen LogP contribution is -2.44. The molecule has 0 saturated carbocycles. The first kappa shape index (κ1) is 13.1. The van der Waals surface area contributed by atoms with Gasteiger partial charge in [-0.15, -0.1) is 0 Å². The summed E-state index contributed by atoms with van der Waals surface area (Å²) in [6.45, 7) is 6.16. The smallest absolute Gasteiger partial charge is 0.0642 e. The van der Waals surface area contributed by atoms with Crippen molar-refractivity contribution in [2.45, 2.75) is 31.7 Å². The summed E-state index contributed by atoms with van der Waals surface area (Å²) in [5, 5.41) is 1.47. The van der Waals surface area contributed by atoms with E-state index < -0.39 is 0 Å². The quantitative estimate of drug-likeness (QED) is 0.895. The molecule has 2 rings (SSSR count). The summed E-state index contributed by atoms with van der Waals surface area (Å²) in [6.07, 6.45) is 0. The van der Waals surface area contributed by atoms with Crippen LogP contribution in [0.3, 0.4) is 0 Å². The molecule has 94 valence electrons. The van der Waals surface area contributed by atoms with Gasteiger partial charge in [0.2, 0.25) is 0 Å². The van der Waals surface area contributed by atoms with Gasteiger partial charge in [-0.1, -0.05) is 24.6 Å². The predicted molar refractivity (Wildman–Crippen MR) is 78.1 cm³/mol. The maximum Gasteiger partial charge on any atom is 0.0642 e. The Balaban J connectivity index is 2.27. The summed E-state index contributed by atoms with van der Waals surface area (Å²) in [5.74, 6) is 1.17. The number of rotatable bonds is 2. The number of nitrogens with zero attached hydrogens (tertiary/aromatic N) is 1. The standard InChI is InChI=1S/C13H19ClN2S/c1-9-10(2)17-6-5-16(9)13-4-3-11(8-15)7-12(13)14/h3-4,7,9-10H,5-6,8,15H2,1-2H3. The minimum absolute atomic E-state index is 0.523. The highest BCUT2D eigenvalue weighted by molar-refractivity contribution is 8.00. The lowest BCUT2D eigenvalue weighted by Gasteiger charge is -2.39. The van der Waals surface area contributed by atoms with Crippen LogP contribution < -0.4 is 10.6 Å². The van der Waals surface area contributed by atoms with E-state index in [0.29, 0.717) is 17.8 Å². The molecular weight excluding hydrogens is 252 g/mol. The van der Waals surface area contributed by atoms with Gasteiger partial charge >= 0.3 is 0 Å². The van der Waals surface area contributed by atoms with Crippen molar-refractivity contribution in [3.8, 4) is 0 Å². The first-order chi connectivity index (χ1) is 8.13. The van der Waals surface area contributed by atoms with E-state index in [1.165, 1.54) is 5.75 Å². The average molecular weight is 271 g/mol. The van der Waals surface area contributed by atoms with E-state index in [0.717, 1.165) is 22.8 Å². The highest BCUT2D eigenvalue weighted by Gasteiger charge is 2.26. The van der Waals surface area contributed by atoms with E-state index in [1.807, 2.05) is 17.8 Å². The third kappa shape index (κ3) is 2.72. The first-order valence-corrected chi connectivity index (χ1v) is 7.43. The molecule has 1 heterocycles. The predicted octanol–water partition coefficient (Wildman–Crippen LogP) is 3.13. The van der Waals surface area contributed by atoms with Gasteiger partial charge in [-0.2, -0.15) is 11.8 Å². The molecule has 1 fully saturated rings. The lowest BCUT2D eigenvalue weighted by molar-refractivity contribution is 0.627. The second-order valence-corrected chi connectivity index (χ2v) is 6.39. The molecule has 1 aromatic rings. The van der Waals surface area contributed by atoms with Crippen molar-refractivity contribution in [3.05, 3.63) is 28.8 Å². The van der Waals surface area contributed by atoms with E-state index in [4.69, 9.17) is 17.3 Å². The third-order valence-electron chi connectivity index (χ3n) is 3.44. The Labute approximate surface area is 113 Å². The fraction of sp³-hybridized carbons (Fsp3) is 0.538. The molecule has 4 heteroatoms. The van der Waals surface area contributed by atoms with Crippen LogP contribution in [-0.2, 0) is 6.54 Å². The normalized spacial score (nSPS) is 25.1. The Morgan fingerprint density at radius 2 is 2.24 bits per heavy atom. The largest absolute Gasteiger partial charge is 0.366 e. The molecule has 0 radical (unpaired) electrons. The van der Waals surface area contributed by atoms with Gasteiger partial charge in [0, 0.05) is 30.1 Å². The zero-order chi connectivity index (χ0) is 12.4. The number of thioether (sulfide) groups is 1. The number of nitrogens with two attached hydrogens (primary N) is 1. The fourth-order valence-electron chi connectivity index (χ4n) is 2.18. The second-order valence-electron chi connectivity index (χ2n) is 4.50. The van der Waals surface area contributed by atoms with E-state index in [2.05, 4.69) is 30.9 Å². The first-order valence-electron chi connectivity index (χ1n) is 6.00. The summed E-state index contributed by atoms with van der Waals surface area (Å²) in [6, 6.07) is 6.68. The van der Waals surface area contributed by atoms with Crippen LogP contribution >= 0.6 is 23.4 Å². The molecule has 0 amide bonds. The lowest BCUT2D eigenvalue weighted by atomic mass is 10.1. The SMILES string of the molecule is CC1SCCN(c2ccc(CN)cc2Cl)C1C. The van der Waals surface area contributed by atoms with Gasteiger partial charge in [-0.3, -0.25) is 0 Å². The second kappa shape index (κ2) is 5.51. The van der Waals surface area contributed by atoms with Crippen LogP contribution in [0.1, 0.15) is 19.4 Å². The van der Waals surface area contributed by atoms with Crippen molar-refractivity contribution in [2.75, 3.05) is 17.2 Å². The molecule has 2 atom stereocenters. The van der Waals surface area contributed by atoms with Crippen LogP contribution in [0.25, 0.3) is 0 Å². The highest BCUT2D eigenvalue weighted by atomic mass is 35.5. The van der Waals surface area contributed by atoms with Crippen LogP contribution in [0.15, 0.2) is 18.2 Å². The number of anilines is 1. The van der Waals surface area contributed by atoms with Crippen LogP contribution in [0.2, 0.25) is 5.02 Å². The molecule has 0 bridgehead atoms. The van der Waals surface area contributed by atoms with Crippen LogP contribution in [0, 0.1) is 0 Å². The molecule has 1 aliphatic heterocycles. The van der Waals surface area contributed by atoms with E-state index in [9.17, 15) is 0 Å². The third-order valence-corrected chi connectivity index (χ3v) is 5.08. The maximum absolute atomic E-state index is 6.35.